The SMILES string of the molecule is CC(C)(C)n1cc(C(=O)N2CCCc3cc(F)ccc32)nn1. The number of anilines is 1. The highest BCUT2D eigenvalue weighted by atomic mass is 19.1. The maximum Gasteiger partial charge on any atom is 0.280 e. The van der Waals surface area contributed by atoms with Gasteiger partial charge in [0.2, 0.25) is 0 Å². The summed E-state index contributed by atoms with van der Waals surface area (Å²) >= 11 is 0. The Hall–Kier alpha value is -2.24. The van der Waals surface area contributed by atoms with E-state index in [1.807, 2.05) is 20.8 Å². The molecule has 2 heterocycles. The number of hydrogen-bond acceptors (Lipinski definition) is 3. The normalized spacial score (nSPS) is 14.8. The van der Waals surface area contributed by atoms with Crippen molar-refractivity contribution in [2.45, 2.75) is 39.2 Å². The molecule has 0 aliphatic carbocycles. The van der Waals surface area contributed by atoms with Crippen molar-refractivity contribution in [3.63, 3.8) is 0 Å². The molecule has 0 atom stereocenters. The highest BCUT2D eigenvalue weighted by Gasteiger charge is 2.27. The fraction of sp³-hybridized carbons (Fsp3) is 0.438. The third-order valence-corrected chi connectivity index (χ3v) is 3.81. The van der Waals surface area contributed by atoms with Crippen LogP contribution in [0, 0.1) is 5.82 Å². The smallest absolute Gasteiger partial charge is 0.280 e. The van der Waals surface area contributed by atoms with Gasteiger partial charge in [0.05, 0.1) is 11.7 Å². The third-order valence-electron chi connectivity index (χ3n) is 3.81. The topological polar surface area (TPSA) is 51.0 Å². The molecule has 0 radical (unpaired) electrons. The van der Waals surface area contributed by atoms with Crippen LogP contribution in [-0.2, 0) is 12.0 Å². The number of halogens is 1. The minimum absolute atomic E-state index is 0.192. The molecule has 6 heteroatoms. The van der Waals surface area contributed by atoms with Gasteiger partial charge in [-0.3, -0.25) is 4.79 Å². The highest BCUT2D eigenvalue weighted by Crippen LogP contribution is 2.29. The largest absolute Gasteiger partial charge is 0.307 e. The Kier molecular flexibility index (Phi) is 3.47. The minimum atomic E-state index is -0.272. The van der Waals surface area contributed by atoms with Crippen LogP contribution in [0.4, 0.5) is 10.1 Å². The van der Waals surface area contributed by atoms with Crippen molar-refractivity contribution in [2.75, 3.05) is 11.4 Å². The van der Waals surface area contributed by atoms with Gasteiger partial charge in [-0.2, -0.15) is 0 Å². The van der Waals surface area contributed by atoms with Crippen LogP contribution < -0.4 is 4.90 Å². The quantitative estimate of drug-likeness (QED) is 0.814. The number of fused-ring (bicyclic) bond motifs is 1. The van der Waals surface area contributed by atoms with Gasteiger partial charge in [-0.05, 0) is 57.4 Å². The van der Waals surface area contributed by atoms with Gasteiger partial charge in [0.25, 0.3) is 5.91 Å². The van der Waals surface area contributed by atoms with Crippen molar-refractivity contribution in [1.82, 2.24) is 15.0 Å². The van der Waals surface area contributed by atoms with Crippen LogP contribution in [0.15, 0.2) is 24.4 Å². The summed E-state index contributed by atoms with van der Waals surface area (Å²) < 4.78 is 15.0. The molecule has 0 spiro atoms. The average Bonchev–Trinajstić information content (AvgIpc) is 2.95. The zero-order chi connectivity index (χ0) is 15.9. The van der Waals surface area contributed by atoms with Gasteiger partial charge in [-0.1, -0.05) is 5.21 Å². The van der Waals surface area contributed by atoms with Gasteiger partial charge in [0.15, 0.2) is 5.69 Å². The number of carbonyl (C=O) groups excluding carboxylic acids is 1. The third kappa shape index (κ3) is 2.61. The summed E-state index contributed by atoms with van der Waals surface area (Å²) in [5.74, 6) is -0.463. The lowest BCUT2D eigenvalue weighted by atomic mass is 10.0. The first-order valence-corrected chi connectivity index (χ1v) is 7.39. The van der Waals surface area contributed by atoms with Crippen LogP contribution in [0.2, 0.25) is 0 Å². The Balaban J connectivity index is 1.92. The maximum absolute atomic E-state index is 13.4. The molecule has 0 saturated carbocycles. The lowest BCUT2D eigenvalue weighted by Crippen LogP contribution is -2.35. The summed E-state index contributed by atoms with van der Waals surface area (Å²) in [6, 6.07) is 4.55. The van der Waals surface area contributed by atoms with Crippen LogP contribution in [-0.4, -0.2) is 27.4 Å². The lowest BCUT2D eigenvalue weighted by Gasteiger charge is -2.28. The van der Waals surface area contributed by atoms with E-state index in [1.54, 1.807) is 21.8 Å². The molecule has 1 aliphatic rings. The van der Waals surface area contributed by atoms with Crippen LogP contribution in [0.5, 0.6) is 0 Å². The molecule has 0 N–H and O–H groups in total. The van der Waals surface area contributed by atoms with Crippen molar-refractivity contribution in [3.8, 4) is 0 Å². The van der Waals surface area contributed by atoms with E-state index < -0.39 is 0 Å². The Morgan fingerprint density at radius 1 is 1.32 bits per heavy atom. The number of benzene rings is 1. The molecule has 2 aromatic rings. The average molecular weight is 302 g/mol. The lowest BCUT2D eigenvalue weighted by molar-refractivity contribution is 0.0980. The maximum atomic E-state index is 13.4. The molecule has 1 amide bonds. The molecule has 5 nitrogen and oxygen atoms in total. The Morgan fingerprint density at radius 3 is 2.77 bits per heavy atom. The van der Waals surface area contributed by atoms with Gasteiger partial charge < -0.3 is 4.90 Å². The van der Waals surface area contributed by atoms with Crippen molar-refractivity contribution < 1.29 is 9.18 Å². The summed E-state index contributed by atoms with van der Waals surface area (Å²) in [4.78, 5) is 14.4. The number of amides is 1. The van der Waals surface area contributed by atoms with E-state index in [0.29, 0.717) is 12.2 Å². The van der Waals surface area contributed by atoms with Crippen LogP contribution in [0.25, 0.3) is 0 Å². The van der Waals surface area contributed by atoms with E-state index in [0.717, 1.165) is 24.1 Å². The molecule has 116 valence electrons. The molecule has 0 unspecified atom stereocenters. The fourth-order valence-electron chi connectivity index (χ4n) is 2.60. The van der Waals surface area contributed by atoms with Gasteiger partial charge in [0, 0.05) is 12.2 Å². The number of nitrogens with zero attached hydrogens (tertiary/aromatic N) is 4. The summed E-state index contributed by atoms with van der Waals surface area (Å²) in [6.45, 7) is 6.60. The van der Waals surface area contributed by atoms with E-state index >= 15 is 0 Å². The summed E-state index contributed by atoms with van der Waals surface area (Å²) in [5.41, 5.74) is 1.71. The molecule has 3 rings (SSSR count). The second kappa shape index (κ2) is 5.19. The predicted molar refractivity (Wildman–Crippen MR) is 81.4 cm³/mol. The summed E-state index contributed by atoms with van der Waals surface area (Å²) in [7, 11) is 0. The zero-order valence-electron chi connectivity index (χ0n) is 13.0. The molecular formula is C16H19FN4O. The first-order chi connectivity index (χ1) is 10.4. The first kappa shape index (κ1) is 14.7. The Labute approximate surface area is 128 Å². The molecule has 0 bridgehead atoms. The van der Waals surface area contributed by atoms with Gasteiger partial charge >= 0.3 is 0 Å². The van der Waals surface area contributed by atoms with Crippen LogP contribution in [0.1, 0.15) is 43.2 Å². The minimum Gasteiger partial charge on any atom is -0.307 e. The van der Waals surface area contributed by atoms with Crippen molar-refractivity contribution in [3.05, 3.63) is 41.5 Å². The number of aromatic nitrogens is 3. The Bertz CT molecular complexity index is 717. The number of rotatable bonds is 1. The molecule has 22 heavy (non-hydrogen) atoms. The fourth-order valence-corrected chi connectivity index (χ4v) is 2.60. The standard InChI is InChI=1S/C16H19FN4O/c1-16(2,3)21-10-13(18-19-21)15(22)20-8-4-5-11-9-12(17)6-7-14(11)20/h6-7,9-10H,4-5,8H2,1-3H3. The number of carbonyl (C=O) groups is 1. The van der Waals surface area contributed by atoms with E-state index in [4.69, 9.17) is 0 Å². The Morgan fingerprint density at radius 2 is 2.09 bits per heavy atom. The molecular weight excluding hydrogens is 283 g/mol. The monoisotopic (exact) mass is 302 g/mol. The molecule has 1 aromatic heterocycles. The second-order valence-corrected chi connectivity index (χ2v) is 6.55. The van der Waals surface area contributed by atoms with E-state index in [2.05, 4.69) is 10.3 Å². The highest BCUT2D eigenvalue weighted by molar-refractivity contribution is 6.05. The van der Waals surface area contributed by atoms with Crippen molar-refractivity contribution in [2.24, 2.45) is 0 Å². The van der Waals surface area contributed by atoms with E-state index in [9.17, 15) is 9.18 Å². The molecule has 1 aliphatic heterocycles. The second-order valence-electron chi connectivity index (χ2n) is 6.55. The van der Waals surface area contributed by atoms with Gasteiger partial charge in [0.1, 0.15) is 5.82 Å². The van der Waals surface area contributed by atoms with Crippen molar-refractivity contribution in [1.29, 1.82) is 0 Å². The predicted octanol–water partition coefficient (Wildman–Crippen LogP) is 2.77. The van der Waals surface area contributed by atoms with Crippen LogP contribution >= 0.6 is 0 Å². The number of hydrogen-bond donors (Lipinski definition) is 0. The zero-order valence-corrected chi connectivity index (χ0v) is 13.0. The molecule has 1 aromatic carbocycles. The first-order valence-electron chi connectivity index (χ1n) is 7.39. The van der Waals surface area contributed by atoms with Crippen molar-refractivity contribution >= 4 is 11.6 Å². The molecule has 0 fully saturated rings. The summed E-state index contributed by atoms with van der Waals surface area (Å²) in [6.07, 6.45) is 3.27. The van der Waals surface area contributed by atoms with Gasteiger partial charge in [-0.25, -0.2) is 9.07 Å². The van der Waals surface area contributed by atoms with E-state index in [-0.39, 0.29) is 17.3 Å². The molecule has 0 saturated heterocycles. The van der Waals surface area contributed by atoms with Gasteiger partial charge in [-0.15, -0.1) is 5.10 Å². The number of aryl methyl sites for hydroxylation is 1. The van der Waals surface area contributed by atoms with E-state index in [1.165, 1.54) is 12.1 Å². The summed E-state index contributed by atoms with van der Waals surface area (Å²) in [5, 5.41) is 8.03. The van der Waals surface area contributed by atoms with Crippen LogP contribution in [0.3, 0.4) is 0 Å².